The summed E-state index contributed by atoms with van der Waals surface area (Å²) in [6, 6.07) is 8.92. The van der Waals surface area contributed by atoms with Gasteiger partial charge in [-0.25, -0.2) is 8.42 Å². The molecule has 2 fully saturated rings. The lowest BCUT2D eigenvalue weighted by atomic mass is 9.67. The Kier molecular flexibility index (Phi) is 6.15. The van der Waals surface area contributed by atoms with Crippen molar-refractivity contribution in [3.8, 4) is 0 Å². The first kappa shape index (κ1) is 20.9. The van der Waals surface area contributed by atoms with Crippen LogP contribution in [0.2, 0.25) is 0 Å². The summed E-state index contributed by atoms with van der Waals surface area (Å²) < 4.78 is 27.8. The first-order valence-corrected chi connectivity index (χ1v) is 12.0. The molecule has 1 aliphatic heterocycles. The van der Waals surface area contributed by atoms with Gasteiger partial charge in [0, 0.05) is 50.3 Å². The van der Waals surface area contributed by atoms with Crippen LogP contribution in [-0.4, -0.2) is 48.2 Å². The second-order valence-corrected chi connectivity index (χ2v) is 10.3. The maximum atomic E-state index is 13.2. The fourth-order valence-corrected chi connectivity index (χ4v) is 6.38. The van der Waals surface area contributed by atoms with Crippen LogP contribution < -0.4 is 5.32 Å². The fraction of sp³-hybridized carbons (Fsp3) is 0.500. The summed E-state index contributed by atoms with van der Waals surface area (Å²) in [6.45, 7) is 1.13. The number of nitrogens with zero attached hydrogens (tertiary/aromatic N) is 3. The van der Waals surface area contributed by atoms with Crippen molar-refractivity contribution in [1.82, 2.24) is 19.6 Å². The normalized spacial score (nSPS) is 21.5. The predicted molar refractivity (Wildman–Crippen MR) is 113 cm³/mol. The average Bonchev–Trinajstić information content (AvgIpc) is 3.15. The fourth-order valence-electron chi connectivity index (χ4n) is 4.86. The molecule has 7 nitrogen and oxygen atoms in total. The van der Waals surface area contributed by atoms with Crippen LogP contribution in [0.15, 0.2) is 53.8 Å². The third kappa shape index (κ3) is 4.25. The second kappa shape index (κ2) is 8.81. The van der Waals surface area contributed by atoms with E-state index in [4.69, 9.17) is 0 Å². The number of hydrogen-bond donors (Lipinski definition) is 1. The van der Waals surface area contributed by atoms with Crippen LogP contribution in [0.25, 0.3) is 0 Å². The first-order valence-electron chi connectivity index (χ1n) is 10.6. The monoisotopic (exact) mass is 428 g/mol. The van der Waals surface area contributed by atoms with E-state index < -0.39 is 10.0 Å². The van der Waals surface area contributed by atoms with Crippen LogP contribution in [0, 0.1) is 11.3 Å². The van der Waals surface area contributed by atoms with Crippen molar-refractivity contribution in [3.63, 3.8) is 0 Å². The van der Waals surface area contributed by atoms with Crippen molar-refractivity contribution < 1.29 is 13.2 Å². The molecule has 1 amide bonds. The maximum Gasteiger partial charge on any atom is 0.244 e. The van der Waals surface area contributed by atoms with E-state index in [1.807, 2.05) is 18.2 Å². The molecule has 0 aromatic carbocycles. The molecule has 1 spiro atoms. The smallest absolute Gasteiger partial charge is 0.244 e. The first-order chi connectivity index (χ1) is 14.5. The Labute approximate surface area is 178 Å². The van der Waals surface area contributed by atoms with Gasteiger partial charge in [-0.2, -0.15) is 4.31 Å². The number of carbonyl (C=O) groups excluding carboxylic acids is 1. The summed E-state index contributed by atoms with van der Waals surface area (Å²) >= 11 is 0. The zero-order chi connectivity index (χ0) is 21.0. The van der Waals surface area contributed by atoms with E-state index in [1.165, 1.54) is 10.5 Å². The lowest BCUT2D eigenvalue weighted by Crippen LogP contribution is -2.43. The molecule has 8 heteroatoms. The lowest BCUT2D eigenvalue weighted by molar-refractivity contribution is -0.128. The highest BCUT2D eigenvalue weighted by atomic mass is 32.2. The van der Waals surface area contributed by atoms with Crippen LogP contribution in [0.4, 0.5) is 0 Å². The molecule has 1 saturated heterocycles. The van der Waals surface area contributed by atoms with Crippen LogP contribution >= 0.6 is 0 Å². The number of nitrogens with one attached hydrogen (secondary N) is 1. The second-order valence-electron chi connectivity index (χ2n) is 8.32. The highest BCUT2D eigenvalue weighted by Crippen LogP contribution is 2.48. The van der Waals surface area contributed by atoms with Gasteiger partial charge in [-0.1, -0.05) is 25.3 Å². The number of pyridine rings is 2. The van der Waals surface area contributed by atoms with Crippen LogP contribution in [-0.2, 0) is 21.2 Å². The minimum Gasteiger partial charge on any atom is -0.355 e. The molecule has 1 aliphatic carbocycles. The molecular formula is C22H28N4O3S. The van der Waals surface area contributed by atoms with Gasteiger partial charge in [-0.15, -0.1) is 0 Å². The van der Waals surface area contributed by atoms with Gasteiger partial charge < -0.3 is 5.32 Å². The number of amides is 1. The lowest BCUT2D eigenvalue weighted by Gasteiger charge is -2.37. The number of aromatic nitrogens is 2. The Balaban J connectivity index is 1.49. The molecule has 1 N–H and O–H groups in total. The third-order valence-corrected chi connectivity index (χ3v) is 8.26. The maximum absolute atomic E-state index is 13.2. The molecule has 3 heterocycles. The summed E-state index contributed by atoms with van der Waals surface area (Å²) in [5.74, 6) is -0.371. The van der Waals surface area contributed by atoms with Crippen molar-refractivity contribution in [2.24, 2.45) is 11.3 Å². The summed E-state index contributed by atoms with van der Waals surface area (Å²) in [5.41, 5.74) is 0.653. The van der Waals surface area contributed by atoms with Gasteiger partial charge in [0.25, 0.3) is 0 Å². The van der Waals surface area contributed by atoms with Crippen molar-refractivity contribution in [1.29, 1.82) is 0 Å². The van der Waals surface area contributed by atoms with Gasteiger partial charge in [-0.05, 0) is 42.5 Å². The Hall–Kier alpha value is -2.32. The number of rotatable bonds is 6. The molecule has 0 bridgehead atoms. The van der Waals surface area contributed by atoms with Gasteiger partial charge in [0.15, 0.2) is 0 Å². The molecular weight excluding hydrogens is 400 g/mol. The summed E-state index contributed by atoms with van der Waals surface area (Å²) in [4.78, 5) is 21.6. The highest BCUT2D eigenvalue weighted by Gasteiger charge is 2.53. The molecule has 0 unspecified atom stereocenters. The molecule has 4 rings (SSSR count). The van der Waals surface area contributed by atoms with E-state index in [1.54, 1.807) is 24.5 Å². The van der Waals surface area contributed by atoms with Gasteiger partial charge >= 0.3 is 0 Å². The van der Waals surface area contributed by atoms with E-state index in [2.05, 4.69) is 15.3 Å². The molecule has 1 atom stereocenters. The minimum absolute atomic E-state index is 0.0447. The predicted octanol–water partition coefficient (Wildman–Crippen LogP) is 2.41. The quantitative estimate of drug-likeness (QED) is 0.763. The van der Waals surface area contributed by atoms with Crippen molar-refractivity contribution in [2.45, 2.75) is 43.4 Å². The van der Waals surface area contributed by atoms with Gasteiger partial charge in [-0.3, -0.25) is 14.8 Å². The molecule has 160 valence electrons. The molecule has 0 radical (unpaired) electrons. The SMILES string of the molecule is O=C(NCCc1ccccn1)[C@@H]1CN(S(=O)(=O)c2cccnc2)CC12CCCCC2. The zero-order valence-corrected chi connectivity index (χ0v) is 17.9. The Morgan fingerprint density at radius 3 is 2.67 bits per heavy atom. The summed E-state index contributed by atoms with van der Waals surface area (Å²) in [7, 11) is -3.66. The van der Waals surface area contributed by atoms with Crippen LogP contribution in [0.3, 0.4) is 0 Å². The highest BCUT2D eigenvalue weighted by molar-refractivity contribution is 7.89. The molecule has 30 heavy (non-hydrogen) atoms. The Morgan fingerprint density at radius 2 is 1.97 bits per heavy atom. The number of carbonyl (C=O) groups is 1. The molecule has 2 aromatic heterocycles. The zero-order valence-electron chi connectivity index (χ0n) is 17.0. The molecule has 2 aromatic rings. The van der Waals surface area contributed by atoms with Crippen LogP contribution in [0.5, 0.6) is 0 Å². The van der Waals surface area contributed by atoms with Gasteiger partial charge in [0.1, 0.15) is 4.90 Å². The third-order valence-electron chi connectivity index (χ3n) is 6.46. The topological polar surface area (TPSA) is 92.3 Å². The van der Waals surface area contributed by atoms with Gasteiger partial charge in [0.2, 0.25) is 15.9 Å². The van der Waals surface area contributed by atoms with E-state index in [-0.39, 0.29) is 28.7 Å². The van der Waals surface area contributed by atoms with Crippen molar-refractivity contribution >= 4 is 15.9 Å². The van der Waals surface area contributed by atoms with Crippen molar-refractivity contribution in [3.05, 3.63) is 54.6 Å². The Bertz CT molecular complexity index is 960. The summed E-state index contributed by atoms with van der Waals surface area (Å²) in [6.07, 6.45) is 10.3. The molecule has 1 saturated carbocycles. The average molecular weight is 429 g/mol. The molecule has 2 aliphatic rings. The standard InChI is InChI=1S/C22H28N4O3S/c27-21(25-14-9-18-7-2-5-13-24-18)20-16-26(17-22(20)10-3-1-4-11-22)30(28,29)19-8-6-12-23-15-19/h2,5-8,12-13,15,20H,1,3-4,9-11,14,16-17H2,(H,25,27)/t20-/m0/s1. The Morgan fingerprint density at radius 1 is 1.13 bits per heavy atom. The van der Waals surface area contributed by atoms with Crippen LogP contribution in [0.1, 0.15) is 37.8 Å². The van der Waals surface area contributed by atoms with Crippen molar-refractivity contribution in [2.75, 3.05) is 19.6 Å². The minimum atomic E-state index is -3.66. The van der Waals surface area contributed by atoms with E-state index in [0.717, 1.165) is 37.8 Å². The van der Waals surface area contributed by atoms with E-state index in [0.29, 0.717) is 19.5 Å². The van der Waals surface area contributed by atoms with E-state index >= 15 is 0 Å². The van der Waals surface area contributed by atoms with E-state index in [9.17, 15) is 13.2 Å². The largest absolute Gasteiger partial charge is 0.355 e. The summed E-state index contributed by atoms with van der Waals surface area (Å²) in [5, 5.41) is 3.04. The number of sulfonamides is 1. The van der Waals surface area contributed by atoms with Gasteiger partial charge in [0.05, 0.1) is 5.92 Å². The number of hydrogen-bond acceptors (Lipinski definition) is 5.